The molecule has 0 spiro atoms. The van der Waals surface area contributed by atoms with Crippen LogP contribution in [0, 0.1) is 0 Å². The lowest BCUT2D eigenvalue weighted by atomic mass is 10.0. The van der Waals surface area contributed by atoms with Gasteiger partial charge in [-0.2, -0.15) is 0 Å². The lowest BCUT2D eigenvalue weighted by Gasteiger charge is -2.10. The maximum Gasteiger partial charge on any atom is 0.164 e. The lowest BCUT2D eigenvalue weighted by molar-refractivity contribution is 1.07. The predicted molar refractivity (Wildman–Crippen MR) is 148 cm³/mol. The molecule has 0 N–H and O–H groups in total. The standard InChI is InChI=1S/C30H19BrN6/c31-27-17-25(24-2-1-11-34-19-24)16-26(18-27)30-36-28(35-29(37-30)23-9-14-33-15-10-23)22-5-3-20(4-6-22)21-7-12-32-13-8-21/h1-19H. The third-order valence-corrected chi connectivity index (χ3v) is 6.34. The van der Waals surface area contributed by atoms with Gasteiger partial charge < -0.3 is 0 Å². The van der Waals surface area contributed by atoms with E-state index in [1.807, 2.05) is 60.8 Å². The fraction of sp³-hybridized carbons (Fsp3) is 0. The molecule has 0 atom stereocenters. The van der Waals surface area contributed by atoms with Crippen LogP contribution in [-0.2, 0) is 0 Å². The number of rotatable bonds is 5. The van der Waals surface area contributed by atoms with Crippen molar-refractivity contribution in [3.05, 3.63) is 121 Å². The van der Waals surface area contributed by atoms with Crippen molar-refractivity contribution >= 4 is 15.9 Å². The van der Waals surface area contributed by atoms with E-state index in [0.717, 1.165) is 43.4 Å². The minimum atomic E-state index is 0.585. The van der Waals surface area contributed by atoms with Crippen molar-refractivity contribution in [2.75, 3.05) is 0 Å². The molecule has 176 valence electrons. The van der Waals surface area contributed by atoms with E-state index < -0.39 is 0 Å². The first-order valence-corrected chi connectivity index (χ1v) is 12.4. The summed E-state index contributed by atoms with van der Waals surface area (Å²) in [6, 6.07) is 26.1. The molecule has 0 aliphatic rings. The first kappa shape index (κ1) is 22.8. The van der Waals surface area contributed by atoms with Gasteiger partial charge in [-0.3, -0.25) is 15.0 Å². The second-order valence-electron chi connectivity index (χ2n) is 8.33. The highest BCUT2D eigenvalue weighted by Crippen LogP contribution is 2.31. The minimum Gasteiger partial charge on any atom is -0.265 e. The zero-order chi connectivity index (χ0) is 25.0. The largest absolute Gasteiger partial charge is 0.265 e. The Balaban J connectivity index is 1.47. The Morgan fingerprint density at radius 2 is 0.919 bits per heavy atom. The van der Waals surface area contributed by atoms with Crippen LogP contribution in [0.3, 0.4) is 0 Å². The molecule has 0 amide bonds. The Labute approximate surface area is 222 Å². The van der Waals surface area contributed by atoms with Crippen molar-refractivity contribution in [2.45, 2.75) is 0 Å². The Kier molecular flexibility index (Phi) is 6.27. The number of aromatic nitrogens is 6. The van der Waals surface area contributed by atoms with Gasteiger partial charge in [-0.1, -0.05) is 46.3 Å². The van der Waals surface area contributed by atoms with E-state index in [4.69, 9.17) is 15.0 Å². The first-order valence-electron chi connectivity index (χ1n) is 11.6. The van der Waals surface area contributed by atoms with E-state index >= 15 is 0 Å². The first-order chi connectivity index (χ1) is 18.2. The van der Waals surface area contributed by atoms with Crippen molar-refractivity contribution < 1.29 is 0 Å². The van der Waals surface area contributed by atoms with Crippen molar-refractivity contribution in [3.8, 4) is 56.4 Å². The second kappa shape index (κ2) is 10.2. The summed E-state index contributed by atoms with van der Waals surface area (Å²) in [6.07, 6.45) is 10.7. The Hall–Kier alpha value is -4.62. The molecule has 4 aromatic heterocycles. The van der Waals surface area contributed by atoms with Crippen LogP contribution in [0.4, 0.5) is 0 Å². The van der Waals surface area contributed by atoms with E-state index in [0.29, 0.717) is 17.5 Å². The van der Waals surface area contributed by atoms with Crippen molar-refractivity contribution in [1.29, 1.82) is 0 Å². The Morgan fingerprint density at radius 3 is 1.54 bits per heavy atom. The number of benzene rings is 2. The van der Waals surface area contributed by atoms with E-state index in [1.165, 1.54) is 0 Å². The average Bonchev–Trinajstić information content (AvgIpc) is 2.98. The quantitative estimate of drug-likeness (QED) is 0.230. The molecule has 7 heteroatoms. The molecule has 4 heterocycles. The molecule has 0 aliphatic heterocycles. The molecular formula is C30H19BrN6. The monoisotopic (exact) mass is 542 g/mol. The van der Waals surface area contributed by atoms with Gasteiger partial charge in [0.2, 0.25) is 0 Å². The number of nitrogens with zero attached hydrogens (tertiary/aromatic N) is 6. The third-order valence-electron chi connectivity index (χ3n) is 5.88. The van der Waals surface area contributed by atoms with Crippen molar-refractivity contribution in [3.63, 3.8) is 0 Å². The summed E-state index contributed by atoms with van der Waals surface area (Å²) in [7, 11) is 0. The van der Waals surface area contributed by atoms with Crippen LogP contribution in [0.2, 0.25) is 0 Å². The maximum absolute atomic E-state index is 4.89. The van der Waals surface area contributed by atoms with E-state index in [-0.39, 0.29) is 0 Å². The zero-order valence-corrected chi connectivity index (χ0v) is 21.1. The number of pyridine rings is 3. The molecule has 0 saturated carbocycles. The summed E-state index contributed by atoms with van der Waals surface area (Å²) in [6.45, 7) is 0. The van der Waals surface area contributed by atoms with Crippen LogP contribution in [-0.4, -0.2) is 29.9 Å². The SMILES string of the molecule is Brc1cc(-c2cccnc2)cc(-c2nc(-c3ccncc3)nc(-c3ccc(-c4ccncc4)cc3)n2)c1. The molecule has 0 aliphatic carbocycles. The number of hydrogen-bond acceptors (Lipinski definition) is 6. The molecule has 0 unspecified atom stereocenters. The highest BCUT2D eigenvalue weighted by Gasteiger charge is 2.14. The fourth-order valence-corrected chi connectivity index (χ4v) is 4.53. The zero-order valence-electron chi connectivity index (χ0n) is 19.5. The molecule has 6 rings (SSSR count). The molecule has 6 nitrogen and oxygen atoms in total. The third kappa shape index (κ3) is 5.03. The summed E-state index contributed by atoms with van der Waals surface area (Å²) in [4.78, 5) is 27.1. The van der Waals surface area contributed by atoms with Crippen LogP contribution in [0.5, 0.6) is 0 Å². The average molecular weight is 543 g/mol. The van der Waals surface area contributed by atoms with Gasteiger partial charge in [0.05, 0.1) is 0 Å². The Bertz CT molecular complexity index is 1660. The van der Waals surface area contributed by atoms with Gasteiger partial charge in [0, 0.05) is 63.9 Å². The normalized spacial score (nSPS) is 10.8. The van der Waals surface area contributed by atoms with Gasteiger partial charge in [0.15, 0.2) is 17.5 Å². The van der Waals surface area contributed by atoms with E-state index in [9.17, 15) is 0 Å². The summed E-state index contributed by atoms with van der Waals surface area (Å²) in [5.74, 6) is 1.77. The van der Waals surface area contributed by atoms with Crippen LogP contribution in [0.1, 0.15) is 0 Å². The summed E-state index contributed by atoms with van der Waals surface area (Å²) in [5, 5.41) is 0. The molecule has 0 saturated heterocycles. The summed E-state index contributed by atoms with van der Waals surface area (Å²) in [5.41, 5.74) is 6.89. The molecule has 0 radical (unpaired) electrons. The second-order valence-corrected chi connectivity index (χ2v) is 9.24. The van der Waals surface area contributed by atoms with Crippen molar-refractivity contribution in [1.82, 2.24) is 29.9 Å². The van der Waals surface area contributed by atoms with Gasteiger partial charge in [-0.25, -0.2) is 15.0 Å². The smallest absolute Gasteiger partial charge is 0.164 e. The Morgan fingerprint density at radius 1 is 0.405 bits per heavy atom. The highest BCUT2D eigenvalue weighted by atomic mass is 79.9. The van der Waals surface area contributed by atoms with Crippen molar-refractivity contribution in [2.24, 2.45) is 0 Å². The maximum atomic E-state index is 4.89. The predicted octanol–water partition coefficient (Wildman–Crippen LogP) is 7.15. The summed E-state index contributed by atoms with van der Waals surface area (Å²) < 4.78 is 0.929. The van der Waals surface area contributed by atoms with Crippen LogP contribution in [0.25, 0.3) is 56.4 Å². The fourth-order valence-electron chi connectivity index (χ4n) is 4.04. The molecule has 2 aromatic carbocycles. The molecular weight excluding hydrogens is 524 g/mol. The summed E-state index contributed by atoms with van der Waals surface area (Å²) >= 11 is 3.66. The van der Waals surface area contributed by atoms with Gasteiger partial charge in [0.1, 0.15) is 0 Å². The van der Waals surface area contributed by atoms with Gasteiger partial charge in [0.25, 0.3) is 0 Å². The van der Waals surface area contributed by atoms with Gasteiger partial charge >= 0.3 is 0 Å². The molecule has 37 heavy (non-hydrogen) atoms. The highest BCUT2D eigenvalue weighted by molar-refractivity contribution is 9.10. The lowest BCUT2D eigenvalue weighted by Crippen LogP contribution is -2.00. The van der Waals surface area contributed by atoms with Crippen LogP contribution in [0.15, 0.2) is 121 Å². The van der Waals surface area contributed by atoms with Gasteiger partial charge in [-0.05, 0) is 65.2 Å². The van der Waals surface area contributed by atoms with Gasteiger partial charge in [-0.15, -0.1) is 0 Å². The molecule has 6 aromatic rings. The number of halogens is 1. The van der Waals surface area contributed by atoms with Crippen LogP contribution < -0.4 is 0 Å². The van der Waals surface area contributed by atoms with Crippen LogP contribution >= 0.6 is 15.9 Å². The van der Waals surface area contributed by atoms with E-state index in [1.54, 1.807) is 31.0 Å². The topological polar surface area (TPSA) is 77.3 Å². The molecule has 0 fully saturated rings. The number of hydrogen-bond donors (Lipinski definition) is 0. The minimum absolute atomic E-state index is 0.585. The molecule has 0 bridgehead atoms. The van der Waals surface area contributed by atoms with E-state index in [2.05, 4.69) is 55.1 Å².